The molecule has 4 heterocycles. The first-order valence-electron chi connectivity index (χ1n) is 14.0. The van der Waals surface area contributed by atoms with Crippen molar-refractivity contribution in [2.75, 3.05) is 37.6 Å². The average molecular weight is 579 g/mol. The monoisotopic (exact) mass is 577 g/mol. The van der Waals surface area contributed by atoms with Gasteiger partial charge in [-0.25, -0.2) is 4.79 Å². The molecule has 6 rings (SSSR count). The number of aromatic nitrogens is 1. The minimum Gasteiger partial charge on any atom is -0.477 e. The van der Waals surface area contributed by atoms with E-state index in [0.29, 0.717) is 10.8 Å². The highest BCUT2D eigenvalue weighted by molar-refractivity contribution is 7.21. The minimum atomic E-state index is -0.804. The smallest absolute Gasteiger partial charge is 0.345 e. The molecular formula is C30H41Cl2N3O2S. The van der Waals surface area contributed by atoms with Gasteiger partial charge in [-0.3, -0.25) is 0 Å². The highest BCUT2D eigenvalue weighted by Gasteiger charge is 2.32. The summed E-state index contributed by atoms with van der Waals surface area (Å²) in [5.74, 6) is 0.516. The molecule has 3 aliphatic rings. The number of nitrogens with zero attached hydrogens (tertiary/aromatic N) is 3. The van der Waals surface area contributed by atoms with Gasteiger partial charge in [0.2, 0.25) is 0 Å². The summed E-state index contributed by atoms with van der Waals surface area (Å²) in [6.45, 7) is 11.0. The topological polar surface area (TPSA) is 48.7 Å². The van der Waals surface area contributed by atoms with Crippen LogP contribution in [0.5, 0.6) is 0 Å². The molecular weight excluding hydrogens is 537 g/mol. The van der Waals surface area contributed by atoms with Crippen molar-refractivity contribution in [3.63, 3.8) is 0 Å². The molecule has 0 amide bonds. The zero-order chi connectivity index (χ0) is 24.8. The molecule has 0 bridgehead atoms. The molecule has 1 aromatic carbocycles. The summed E-state index contributed by atoms with van der Waals surface area (Å²) in [6.07, 6.45) is 8.96. The lowest BCUT2D eigenvalue weighted by atomic mass is 9.83. The molecule has 0 spiro atoms. The molecule has 1 unspecified atom stereocenters. The van der Waals surface area contributed by atoms with Gasteiger partial charge in [-0.15, -0.1) is 36.2 Å². The Bertz CT molecular complexity index is 1280. The summed E-state index contributed by atoms with van der Waals surface area (Å²) >= 11 is 1.49. The van der Waals surface area contributed by atoms with E-state index in [4.69, 9.17) is 0 Å². The molecule has 5 nitrogen and oxygen atoms in total. The Kier molecular flexibility index (Phi) is 9.39. The number of piperidine rings is 1. The zero-order valence-corrected chi connectivity index (χ0v) is 25.0. The third kappa shape index (κ3) is 5.47. The van der Waals surface area contributed by atoms with Gasteiger partial charge in [0.15, 0.2) is 0 Å². The van der Waals surface area contributed by atoms with Gasteiger partial charge in [0.25, 0.3) is 0 Å². The molecule has 1 atom stereocenters. The molecule has 2 aliphatic heterocycles. The Morgan fingerprint density at radius 2 is 1.79 bits per heavy atom. The van der Waals surface area contributed by atoms with Crippen LogP contribution in [0, 0.1) is 12.8 Å². The molecule has 1 saturated heterocycles. The second-order valence-electron chi connectivity index (χ2n) is 11.4. The molecule has 38 heavy (non-hydrogen) atoms. The number of anilines is 1. The van der Waals surface area contributed by atoms with E-state index < -0.39 is 5.97 Å². The third-order valence-corrected chi connectivity index (χ3v) is 9.91. The number of carbonyl (C=O) groups is 1. The van der Waals surface area contributed by atoms with Crippen LogP contribution in [0.1, 0.15) is 78.6 Å². The van der Waals surface area contributed by atoms with Crippen molar-refractivity contribution in [3.05, 3.63) is 40.3 Å². The number of halogens is 2. The van der Waals surface area contributed by atoms with Crippen LogP contribution in [-0.4, -0.2) is 53.3 Å². The van der Waals surface area contributed by atoms with Crippen LogP contribution in [0.2, 0.25) is 0 Å². The maximum atomic E-state index is 11.9. The molecule has 2 fully saturated rings. The molecule has 3 aromatic rings. The number of carboxylic acid groups (broad SMARTS) is 1. The largest absolute Gasteiger partial charge is 0.477 e. The molecule has 0 radical (unpaired) electrons. The minimum absolute atomic E-state index is 0. The van der Waals surface area contributed by atoms with E-state index in [-0.39, 0.29) is 24.8 Å². The summed E-state index contributed by atoms with van der Waals surface area (Å²) in [7, 11) is 0. The predicted octanol–water partition coefficient (Wildman–Crippen LogP) is 7.82. The van der Waals surface area contributed by atoms with Gasteiger partial charge in [-0.1, -0.05) is 38.3 Å². The van der Waals surface area contributed by atoms with Gasteiger partial charge in [-0.05, 0) is 74.2 Å². The maximum absolute atomic E-state index is 11.9. The van der Waals surface area contributed by atoms with Crippen LogP contribution in [0.25, 0.3) is 21.5 Å². The van der Waals surface area contributed by atoms with Crippen molar-refractivity contribution in [3.8, 4) is 11.3 Å². The first-order chi connectivity index (χ1) is 17.5. The van der Waals surface area contributed by atoms with Crippen LogP contribution in [0.4, 0.5) is 5.69 Å². The second-order valence-corrected chi connectivity index (χ2v) is 12.5. The fourth-order valence-corrected chi connectivity index (χ4v) is 8.10. The Hall–Kier alpha value is -1.73. The van der Waals surface area contributed by atoms with Crippen LogP contribution < -0.4 is 4.90 Å². The molecule has 2 aromatic heterocycles. The van der Waals surface area contributed by atoms with E-state index in [9.17, 15) is 9.90 Å². The summed E-state index contributed by atoms with van der Waals surface area (Å²) in [4.78, 5) is 17.7. The van der Waals surface area contributed by atoms with Crippen molar-refractivity contribution in [1.29, 1.82) is 0 Å². The van der Waals surface area contributed by atoms with Crippen molar-refractivity contribution in [2.45, 2.75) is 71.3 Å². The van der Waals surface area contributed by atoms with E-state index in [0.717, 1.165) is 37.6 Å². The van der Waals surface area contributed by atoms with Gasteiger partial charge in [-0.2, -0.15) is 0 Å². The number of carboxylic acids is 1. The molecule has 1 N–H and O–H groups in total. The summed E-state index contributed by atoms with van der Waals surface area (Å²) in [5, 5.41) is 9.80. The Morgan fingerprint density at radius 3 is 2.53 bits per heavy atom. The Balaban J connectivity index is 0.00000168. The maximum Gasteiger partial charge on any atom is 0.345 e. The predicted molar refractivity (Wildman–Crippen MR) is 164 cm³/mol. The van der Waals surface area contributed by atoms with Crippen molar-refractivity contribution in [1.82, 2.24) is 9.47 Å². The SMILES string of the molecule is Cc1ccc2c(c1)N(CCN1CCCC(C)C1)CCn1c-2c(C2CCCCC2)c2sc(C(=O)O)cc21.Cl.Cl. The van der Waals surface area contributed by atoms with E-state index in [1.165, 1.54) is 102 Å². The highest BCUT2D eigenvalue weighted by atomic mass is 35.5. The summed E-state index contributed by atoms with van der Waals surface area (Å²) in [6, 6.07) is 8.92. The lowest BCUT2D eigenvalue weighted by Crippen LogP contribution is -2.41. The standard InChI is InChI=1S/C30H39N3O2S.2ClH/c1-20-10-11-23-24(17-20)32(14-13-31-12-6-7-21(2)19-31)15-16-33-25-18-26(30(34)35)36-29(25)27(28(23)33)22-8-4-3-5-9-22;;/h10-11,17-18,21-22H,3-9,12-16,19H2,1-2H3,(H,34,35);2*1H. The van der Waals surface area contributed by atoms with E-state index >= 15 is 0 Å². The van der Waals surface area contributed by atoms with E-state index in [1.54, 1.807) is 0 Å². The van der Waals surface area contributed by atoms with Crippen molar-refractivity contribution < 1.29 is 9.90 Å². The van der Waals surface area contributed by atoms with Gasteiger partial charge < -0.3 is 19.5 Å². The molecule has 1 saturated carbocycles. The molecule has 1 aliphatic carbocycles. The molecule has 208 valence electrons. The average Bonchev–Trinajstić information content (AvgIpc) is 3.38. The van der Waals surface area contributed by atoms with Gasteiger partial charge in [0, 0.05) is 44.0 Å². The van der Waals surface area contributed by atoms with Crippen LogP contribution in [0.15, 0.2) is 24.3 Å². The number of hydrogen-bond donors (Lipinski definition) is 1. The fourth-order valence-electron chi connectivity index (χ4n) is 6.98. The number of hydrogen-bond acceptors (Lipinski definition) is 4. The van der Waals surface area contributed by atoms with Gasteiger partial charge in [0.1, 0.15) is 4.88 Å². The fraction of sp³-hybridized carbons (Fsp3) is 0.567. The lowest BCUT2D eigenvalue weighted by molar-refractivity contribution is 0.0702. The number of aryl methyl sites for hydroxylation is 1. The van der Waals surface area contributed by atoms with Crippen LogP contribution in [0.3, 0.4) is 0 Å². The first kappa shape index (κ1) is 29.3. The third-order valence-electron chi connectivity index (χ3n) is 8.77. The van der Waals surface area contributed by atoms with Crippen LogP contribution >= 0.6 is 36.2 Å². The number of likely N-dealkylation sites (tertiary alicyclic amines) is 1. The first-order valence-corrected chi connectivity index (χ1v) is 14.8. The second kappa shape index (κ2) is 12.2. The summed E-state index contributed by atoms with van der Waals surface area (Å²) < 4.78 is 3.69. The summed E-state index contributed by atoms with van der Waals surface area (Å²) in [5.41, 5.74) is 7.93. The number of rotatable bonds is 5. The lowest BCUT2D eigenvalue weighted by Gasteiger charge is -2.33. The van der Waals surface area contributed by atoms with Crippen molar-refractivity contribution in [2.24, 2.45) is 5.92 Å². The highest BCUT2D eigenvalue weighted by Crippen LogP contribution is 2.49. The molecule has 8 heteroatoms. The Morgan fingerprint density at radius 1 is 1.00 bits per heavy atom. The Labute approximate surface area is 243 Å². The van der Waals surface area contributed by atoms with Crippen molar-refractivity contribution >= 4 is 58.0 Å². The van der Waals surface area contributed by atoms with Gasteiger partial charge >= 0.3 is 5.97 Å². The number of aromatic carboxylic acids is 1. The number of thiophene rings is 1. The zero-order valence-electron chi connectivity index (χ0n) is 22.6. The normalized spacial score (nSPS) is 20.3. The van der Waals surface area contributed by atoms with Gasteiger partial charge in [0.05, 0.1) is 15.9 Å². The van der Waals surface area contributed by atoms with Crippen LogP contribution in [-0.2, 0) is 6.54 Å². The quantitative estimate of drug-likeness (QED) is 0.335. The van der Waals surface area contributed by atoms with E-state index in [2.05, 4.69) is 46.4 Å². The number of fused-ring (bicyclic) bond motifs is 5. The number of benzene rings is 1. The van der Waals surface area contributed by atoms with E-state index in [1.807, 2.05) is 6.07 Å².